The summed E-state index contributed by atoms with van der Waals surface area (Å²) in [6, 6.07) is 15.5. The van der Waals surface area contributed by atoms with Gasteiger partial charge in [0.05, 0.1) is 6.54 Å². The second-order valence-corrected chi connectivity index (χ2v) is 5.06. The van der Waals surface area contributed by atoms with Crippen molar-refractivity contribution in [3.63, 3.8) is 0 Å². The zero-order chi connectivity index (χ0) is 14.1. The van der Waals surface area contributed by atoms with Gasteiger partial charge in [-0.15, -0.1) is 0 Å². The van der Waals surface area contributed by atoms with Gasteiger partial charge in [-0.1, -0.05) is 30.3 Å². The minimum atomic E-state index is -0.0150. The highest BCUT2D eigenvalue weighted by atomic mass is 16.1. The van der Waals surface area contributed by atoms with E-state index in [1.54, 1.807) is 10.6 Å². The van der Waals surface area contributed by atoms with Crippen molar-refractivity contribution in [1.29, 1.82) is 0 Å². The molecule has 0 unspecified atom stereocenters. The second-order valence-electron chi connectivity index (χ2n) is 5.06. The number of hydrogen-bond acceptors (Lipinski definition) is 2. The normalized spacial score (nSPS) is 10.9. The van der Waals surface area contributed by atoms with E-state index >= 15 is 0 Å². The first kappa shape index (κ1) is 12.6. The fraction of sp³-hybridized carbons (Fsp3) is 0.176. The summed E-state index contributed by atoms with van der Waals surface area (Å²) in [5.74, 6) is 0. The maximum absolute atomic E-state index is 12.2. The number of aryl methyl sites for hydroxylation is 2. The predicted molar refractivity (Wildman–Crippen MR) is 81.0 cm³/mol. The molecule has 0 fully saturated rings. The second kappa shape index (κ2) is 4.93. The topological polar surface area (TPSA) is 34.9 Å². The number of rotatable bonds is 2. The van der Waals surface area contributed by atoms with Crippen LogP contribution < -0.4 is 5.56 Å². The van der Waals surface area contributed by atoms with Crippen LogP contribution in [0.4, 0.5) is 0 Å². The van der Waals surface area contributed by atoms with Gasteiger partial charge >= 0.3 is 0 Å². The van der Waals surface area contributed by atoms with Crippen molar-refractivity contribution >= 4 is 11.0 Å². The van der Waals surface area contributed by atoms with E-state index in [1.807, 2.05) is 56.3 Å². The zero-order valence-electron chi connectivity index (χ0n) is 11.6. The molecule has 1 aromatic carbocycles. The van der Waals surface area contributed by atoms with E-state index in [2.05, 4.69) is 4.98 Å². The van der Waals surface area contributed by atoms with Crippen molar-refractivity contribution in [2.45, 2.75) is 20.4 Å². The summed E-state index contributed by atoms with van der Waals surface area (Å²) in [7, 11) is 0. The van der Waals surface area contributed by atoms with Crippen LogP contribution in [0.2, 0.25) is 0 Å². The lowest BCUT2D eigenvalue weighted by Gasteiger charge is -2.11. The molecule has 0 amide bonds. The van der Waals surface area contributed by atoms with Crippen LogP contribution in [-0.4, -0.2) is 9.55 Å². The predicted octanol–water partition coefficient (Wildman–Crippen LogP) is 3.06. The van der Waals surface area contributed by atoms with E-state index in [-0.39, 0.29) is 5.56 Å². The molecule has 3 rings (SSSR count). The molecule has 3 aromatic rings. The molecule has 100 valence electrons. The summed E-state index contributed by atoms with van der Waals surface area (Å²) >= 11 is 0. The molecular formula is C17H16N2O. The van der Waals surface area contributed by atoms with Gasteiger partial charge in [-0.05, 0) is 37.1 Å². The molecule has 0 spiro atoms. The van der Waals surface area contributed by atoms with Crippen LogP contribution in [-0.2, 0) is 6.54 Å². The van der Waals surface area contributed by atoms with Crippen molar-refractivity contribution in [3.8, 4) is 0 Å². The van der Waals surface area contributed by atoms with E-state index in [0.717, 1.165) is 27.9 Å². The average molecular weight is 264 g/mol. The third-order valence-electron chi connectivity index (χ3n) is 3.47. The third-order valence-corrected chi connectivity index (χ3v) is 3.47. The highest BCUT2D eigenvalue weighted by molar-refractivity contribution is 5.79. The van der Waals surface area contributed by atoms with Gasteiger partial charge in [0.2, 0.25) is 0 Å². The Morgan fingerprint density at radius 1 is 1.05 bits per heavy atom. The van der Waals surface area contributed by atoms with Crippen LogP contribution >= 0.6 is 0 Å². The van der Waals surface area contributed by atoms with Crippen molar-refractivity contribution in [1.82, 2.24) is 9.55 Å². The Morgan fingerprint density at radius 3 is 2.55 bits per heavy atom. The van der Waals surface area contributed by atoms with E-state index in [9.17, 15) is 4.79 Å². The molecule has 0 aliphatic heterocycles. The number of aromatic nitrogens is 2. The number of pyridine rings is 2. The molecule has 0 aliphatic carbocycles. The Morgan fingerprint density at radius 2 is 1.80 bits per heavy atom. The fourth-order valence-corrected chi connectivity index (χ4v) is 2.51. The summed E-state index contributed by atoms with van der Waals surface area (Å²) < 4.78 is 1.74. The first-order chi connectivity index (χ1) is 9.65. The molecule has 0 atom stereocenters. The Kier molecular flexibility index (Phi) is 3.11. The number of nitrogens with zero attached hydrogens (tertiary/aromatic N) is 2. The van der Waals surface area contributed by atoms with Gasteiger partial charge in [0.1, 0.15) is 5.65 Å². The van der Waals surface area contributed by atoms with E-state index in [0.29, 0.717) is 6.54 Å². The van der Waals surface area contributed by atoms with E-state index in [1.165, 1.54) is 0 Å². The van der Waals surface area contributed by atoms with Gasteiger partial charge in [0, 0.05) is 17.1 Å². The molecule has 3 heteroatoms. The highest BCUT2D eigenvalue weighted by Gasteiger charge is 2.07. The highest BCUT2D eigenvalue weighted by Crippen LogP contribution is 2.16. The van der Waals surface area contributed by atoms with Gasteiger partial charge in [-0.3, -0.25) is 9.36 Å². The first-order valence-corrected chi connectivity index (χ1v) is 6.67. The minimum absolute atomic E-state index is 0.0150. The average Bonchev–Trinajstić information content (AvgIpc) is 2.43. The van der Waals surface area contributed by atoms with E-state index in [4.69, 9.17) is 0 Å². The van der Waals surface area contributed by atoms with E-state index < -0.39 is 0 Å². The standard InChI is InChI=1S/C17H16N2O/c1-12-10-13(2)18-17-15(12)8-9-16(20)19(17)11-14-6-4-3-5-7-14/h3-10H,11H2,1-2H3. The van der Waals surface area contributed by atoms with Crippen molar-refractivity contribution in [3.05, 3.63) is 75.7 Å². The Balaban J connectivity index is 2.24. The van der Waals surface area contributed by atoms with Crippen LogP contribution in [0, 0.1) is 13.8 Å². The van der Waals surface area contributed by atoms with Crippen LogP contribution in [0.25, 0.3) is 11.0 Å². The molecule has 3 nitrogen and oxygen atoms in total. The monoisotopic (exact) mass is 264 g/mol. The van der Waals surface area contributed by atoms with Crippen LogP contribution in [0.3, 0.4) is 0 Å². The van der Waals surface area contributed by atoms with Crippen molar-refractivity contribution in [2.24, 2.45) is 0 Å². The van der Waals surface area contributed by atoms with Gasteiger partial charge in [0.25, 0.3) is 5.56 Å². The molecule has 0 N–H and O–H groups in total. The molecule has 2 aromatic heterocycles. The number of benzene rings is 1. The van der Waals surface area contributed by atoms with Crippen molar-refractivity contribution < 1.29 is 0 Å². The summed E-state index contributed by atoms with van der Waals surface area (Å²) in [5.41, 5.74) is 3.93. The molecule has 0 aliphatic rings. The lowest BCUT2D eigenvalue weighted by Crippen LogP contribution is -2.21. The summed E-state index contributed by atoms with van der Waals surface area (Å²) in [6.45, 7) is 4.55. The zero-order valence-corrected chi connectivity index (χ0v) is 11.6. The Hall–Kier alpha value is -2.42. The molecule has 0 radical (unpaired) electrons. The largest absolute Gasteiger partial charge is 0.288 e. The van der Waals surface area contributed by atoms with Gasteiger partial charge in [-0.2, -0.15) is 0 Å². The molecular weight excluding hydrogens is 248 g/mol. The van der Waals surface area contributed by atoms with Gasteiger partial charge in [0.15, 0.2) is 0 Å². The lowest BCUT2D eigenvalue weighted by atomic mass is 10.1. The number of fused-ring (bicyclic) bond motifs is 1. The summed E-state index contributed by atoms with van der Waals surface area (Å²) in [5, 5.41) is 1.03. The smallest absolute Gasteiger partial charge is 0.252 e. The first-order valence-electron chi connectivity index (χ1n) is 6.67. The summed E-state index contributed by atoms with van der Waals surface area (Å²) in [6.07, 6.45) is 0. The molecule has 0 bridgehead atoms. The minimum Gasteiger partial charge on any atom is -0.288 e. The maximum Gasteiger partial charge on any atom is 0.252 e. The summed E-state index contributed by atoms with van der Waals surface area (Å²) in [4.78, 5) is 16.7. The van der Waals surface area contributed by atoms with Gasteiger partial charge < -0.3 is 0 Å². The van der Waals surface area contributed by atoms with Crippen LogP contribution in [0.1, 0.15) is 16.8 Å². The molecule has 0 saturated carbocycles. The SMILES string of the molecule is Cc1cc(C)c2ccc(=O)n(Cc3ccccc3)c2n1. The number of hydrogen-bond donors (Lipinski definition) is 0. The fourth-order valence-electron chi connectivity index (χ4n) is 2.51. The Labute approximate surface area is 117 Å². The van der Waals surface area contributed by atoms with Crippen LogP contribution in [0.15, 0.2) is 53.3 Å². The lowest BCUT2D eigenvalue weighted by molar-refractivity contribution is 0.781. The third kappa shape index (κ3) is 2.23. The van der Waals surface area contributed by atoms with Crippen LogP contribution in [0.5, 0.6) is 0 Å². The molecule has 20 heavy (non-hydrogen) atoms. The Bertz CT molecular complexity index is 820. The maximum atomic E-state index is 12.2. The van der Waals surface area contributed by atoms with Gasteiger partial charge in [-0.25, -0.2) is 4.98 Å². The molecule has 2 heterocycles. The quantitative estimate of drug-likeness (QED) is 0.713. The molecule has 0 saturated heterocycles. The van der Waals surface area contributed by atoms with Crippen molar-refractivity contribution in [2.75, 3.05) is 0 Å².